The van der Waals surface area contributed by atoms with Gasteiger partial charge in [-0.15, -0.1) is 0 Å². The van der Waals surface area contributed by atoms with Gasteiger partial charge < -0.3 is 20.1 Å². The Morgan fingerprint density at radius 2 is 1.00 bits per heavy atom. The van der Waals surface area contributed by atoms with Crippen molar-refractivity contribution in [3.63, 3.8) is 0 Å². The molecular formula is C26H18N4O2. The molecule has 2 aliphatic rings. The van der Waals surface area contributed by atoms with Crippen LogP contribution in [0.15, 0.2) is 96.7 Å². The molecule has 2 aromatic carbocycles. The number of aromatic nitrogens is 2. The standard InChI is InChI=1S/C26H18N4O2/c1-3-13-23-21(9-1)29-25(31-23)15-17-7-5-11-19(27-17)20-12-6-8-18(28-20)16-26-30-22-10-2-4-14-24(22)32-26/h1-16,29-30H. The first-order valence-corrected chi connectivity index (χ1v) is 10.3. The number of nitrogens with one attached hydrogen (secondary N) is 2. The highest BCUT2D eigenvalue weighted by atomic mass is 16.5. The molecule has 2 aromatic heterocycles. The quantitative estimate of drug-likeness (QED) is 0.442. The van der Waals surface area contributed by atoms with Crippen LogP contribution in [-0.4, -0.2) is 9.97 Å². The number of rotatable bonds is 3. The van der Waals surface area contributed by atoms with Crippen molar-refractivity contribution in [1.82, 2.24) is 9.97 Å². The summed E-state index contributed by atoms with van der Waals surface area (Å²) in [5, 5.41) is 6.51. The van der Waals surface area contributed by atoms with E-state index in [1.807, 2.05) is 97.1 Å². The molecule has 0 saturated heterocycles. The SMILES string of the molecule is C(=C1Nc2ccccc2O1)c1cccc(-c2cccc(C=C3Nc4ccccc4O3)n2)n1. The maximum Gasteiger partial charge on any atom is 0.200 e. The highest BCUT2D eigenvalue weighted by Gasteiger charge is 2.17. The summed E-state index contributed by atoms with van der Waals surface area (Å²) in [6, 6.07) is 27.3. The maximum absolute atomic E-state index is 5.84. The Morgan fingerprint density at radius 3 is 1.47 bits per heavy atom. The molecule has 4 heterocycles. The molecule has 154 valence electrons. The zero-order valence-electron chi connectivity index (χ0n) is 16.9. The fourth-order valence-electron chi connectivity index (χ4n) is 3.62. The molecule has 2 aliphatic heterocycles. The normalized spacial score (nSPS) is 16.0. The van der Waals surface area contributed by atoms with Gasteiger partial charge in [0.1, 0.15) is 0 Å². The summed E-state index contributed by atoms with van der Waals surface area (Å²) in [5.74, 6) is 2.90. The molecule has 6 heteroatoms. The number of nitrogens with zero attached hydrogens (tertiary/aromatic N) is 2. The summed E-state index contributed by atoms with van der Waals surface area (Å²) in [4.78, 5) is 9.50. The van der Waals surface area contributed by atoms with Crippen molar-refractivity contribution in [2.75, 3.05) is 10.6 Å². The Bertz CT molecular complexity index is 1230. The third kappa shape index (κ3) is 3.54. The summed E-state index contributed by atoms with van der Waals surface area (Å²) in [7, 11) is 0. The monoisotopic (exact) mass is 418 g/mol. The lowest BCUT2D eigenvalue weighted by molar-refractivity contribution is 0.461. The first kappa shape index (κ1) is 18.2. The van der Waals surface area contributed by atoms with Gasteiger partial charge in [0.15, 0.2) is 23.3 Å². The fraction of sp³-hybridized carbons (Fsp3) is 0. The second kappa shape index (κ2) is 7.59. The highest BCUT2D eigenvalue weighted by Crippen LogP contribution is 2.34. The van der Waals surface area contributed by atoms with E-state index in [9.17, 15) is 0 Å². The van der Waals surface area contributed by atoms with E-state index in [-0.39, 0.29) is 0 Å². The summed E-state index contributed by atoms with van der Waals surface area (Å²) in [6.07, 6.45) is 3.76. The van der Waals surface area contributed by atoms with Gasteiger partial charge >= 0.3 is 0 Å². The lowest BCUT2D eigenvalue weighted by Crippen LogP contribution is -1.99. The van der Waals surface area contributed by atoms with Crippen LogP contribution in [0.4, 0.5) is 11.4 Å². The molecule has 6 rings (SSSR count). The van der Waals surface area contributed by atoms with Gasteiger partial charge in [-0.05, 0) is 48.5 Å². The van der Waals surface area contributed by atoms with Crippen LogP contribution in [0.2, 0.25) is 0 Å². The van der Waals surface area contributed by atoms with Crippen LogP contribution >= 0.6 is 0 Å². The maximum atomic E-state index is 5.84. The smallest absolute Gasteiger partial charge is 0.200 e. The van der Waals surface area contributed by atoms with Gasteiger partial charge in [0.25, 0.3) is 0 Å². The van der Waals surface area contributed by atoms with Crippen molar-refractivity contribution in [2.45, 2.75) is 0 Å². The van der Waals surface area contributed by atoms with Crippen molar-refractivity contribution in [3.05, 3.63) is 108 Å². The number of benzene rings is 2. The van der Waals surface area contributed by atoms with Crippen molar-refractivity contribution >= 4 is 23.5 Å². The third-order valence-corrected chi connectivity index (χ3v) is 5.09. The number of para-hydroxylation sites is 4. The molecule has 0 atom stereocenters. The third-order valence-electron chi connectivity index (χ3n) is 5.09. The van der Waals surface area contributed by atoms with E-state index >= 15 is 0 Å². The number of ether oxygens (including phenoxy) is 2. The molecule has 0 amide bonds. The molecule has 0 saturated carbocycles. The lowest BCUT2D eigenvalue weighted by atomic mass is 10.2. The van der Waals surface area contributed by atoms with Crippen molar-refractivity contribution < 1.29 is 9.47 Å². The average molecular weight is 418 g/mol. The number of pyridine rings is 2. The number of hydrogen-bond donors (Lipinski definition) is 2. The van der Waals surface area contributed by atoms with Crippen LogP contribution in [0, 0.1) is 0 Å². The fourth-order valence-corrected chi connectivity index (χ4v) is 3.62. The Hall–Kier alpha value is -4.58. The predicted octanol–water partition coefficient (Wildman–Crippen LogP) is 5.75. The van der Waals surface area contributed by atoms with E-state index in [0.29, 0.717) is 11.8 Å². The number of hydrogen-bond acceptors (Lipinski definition) is 6. The van der Waals surface area contributed by atoms with Crippen LogP contribution in [0.25, 0.3) is 23.5 Å². The van der Waals surface area contributed by atoms with Gasteiger partial charge in [-0.3, -0.25) is 0 Å². The average Bonchev–Trinajstić information content (AvgIpc) is 3.42. The van der Waals surface area contributed by atoms with Crippen molar-refractivity contribution in [3.8, 4) is 22.9 Å². The molecule has 0 fully saturated rings. The molecule has 4 aromatic rings. The van der Waals surface area contributed by atoms with E-state index < -0.39 is 0 Å². The zero-order chi connectivity index (χ0) is 21.3. The molecule has 0 spiro atoms. The Morgan fingerprint density at radius 1 is 0.531 bits per heavy atom. The lowest BCUT2D eigenvalue weighted by Gasteiger charge is -2.05. The van der Waals surface area contributed by atoms with Gasteiger partial charge in [0.2, 0.25) is 0 Å². The molecule has 2 N–H and O–H groups in total. The minimum atomic E-state index is 0.645. The van der Waals surface area contributed by atoms with E-state index in [2.05, 4.69) is 10.6 Å². The van der Waals surface area contributed by atoms with Crippen LogP contribution in [0.5, 0.6) is 11.5 Å². The predicted molar refractivity (Wildman–Crippen MR) is 125 cm³/mol. The molecule has 32 heavy (non-hydrogen) atoms. The van der Waals surface area contributed by atoms with E-state index in [1.165, 1.54) is 0 Å². The summed E-state index contributed by atoms with van der Waals surface area (Å²) in [6.45, 7) is 0. The summed E-state index contributed by atoms with van der Waals surface area (Å²) in [5.41, 5.74) is 5.00. The first-order chi connectivity index (χ1) is 15.8. The Labute approximate surface area is 184 Å². The topological polar surface area (TPSA) is 68.3 Å². The second-order valence-electron chi connectivity index (χ2n) is 7.36. The minimum absolute atomic E-state index is 0.645. The Kier molecular flexibility index (Phi) is 4.32. The van der Waals surface area contributed by atoms with Gasteiger partial charge in [-0.1, -0.05) is 36.4 Å². The van der Waals surface area contributed by atoms with E-state index in [1.54, 1.807) is 0 Å². The minimum Gasteiger partial charge on any atom is -0.439 e. The van der Waals surface area contributed by atoms with Crippen LogP contribution in [-0.2, 0) is 0 Å². The molecule has 0 bridgehead atoms. The molecule has 0 aliphatic carbocycles. The van der Waals surface area contributed by atoms with Gasteiger partial charge in [-0.2, -0.15) is 0 Å². The Balaban J connectivity index is 1.25. The number of anilines is 2. The first-order valence-electron chi connectivity index (χ1n) is 10.3. The molecule has 0 unspecified atom stereocenters. The van der Waals surface area contributed by atoms with Crippen LogP contribution in [0.1, 0.15) is 11.4 Å². The zero-order valence-corrected chi connectivity index (χ0v) is 16.9. The van der Waals surface area contributed by atoms with Gasteiger partial charge in [0.05, 0.1) is 34.2 Å². The summed E-state index contributed by atoms with van der Waals surface area (Å²) < 4.78 is 11.7. The highest BCUT2D eigenvalue weighted by molar-refractivity contribution is 5.70. The number of fused-ring (bicyclic) bond motifs is 2. The van der Waals surface area contributed by atoms with Gasteiger partial charge in [-0.25, -0.2) is 9.97 Å². The summed E-state index contributed by atoms with van der Waals surface area (Å²) >= 11 is 0. The van der Waals surface area contributed by atoms with Gasteiger partial charge in [0, 0.05) is 12.2 Å². The molecule has 6 nitrogen and oxygen atoms in total. The molecule has 0 radical (unpaired) electrons. The van der Waals surface area contributed by atoms with E-state index in [4.69, 9.17) is 19.4 Å². The van der Waals surface area contributed by atoms with Crippen molar-refractivity contribution in [1.29, 1.82) is 0 Å². The van der Waals surface area contributed by atoms with Crippen molar-refractivity contribution in [2.24, 2.45) is 0 Å². The van der Waals surface area contributed by atoms with Crippen LogP contribution in [0.3, 0.4) is 0 Å². The van der Waals surface area contributed by atoms with Crippen LogP contribution < -0.4 is 20.1 Å². The molecular weight excluding hydrogens is 400 g/mol. The second-order valence-corrected chi connectivity index (χ2v) is 7.36. The largest absolute Gasteiger partial charge is 0.439 e. The van der Waals surface area contributed by atoms with E-state index in [0.717, 1.165) is 45.6 Å².